The highest BCUT2D eigenvalue weighted by atomic mass is 79.9. The van der Waals surface area contributed by atoms with E-state index in [1.54, 1.807) is 31.2 Å². The van der Waals surface area contributed by atoms with Crippen LogP contribution in [0.1, 0.15) is 18.1 Å². The molecule has 11 heteroatoms. The number of nitrogens with zero attached hydrogens (tertiary/aromatic N) is 1. The van der Waals surface area contributed by atoms with E-state index in [1.807, 2.05) is 13.0 Å². The lowest BCUT2D eigenvalue weighted by atomic mass is 10.2. The van der Waals surface area contributed by atoms with Crippen LogP contribution in [-0.4, -0.2) is 48.5 Å². The summed E-state index contributed by atoms with van der Waals surface area (Å²) in [4.78, 5) is 49.7. The molecule has 4 amide bonds. The van der Waals surface area contributed by atoms with Gasteiger partial charge >= 0.3 is 12.0 Å². The van der Waals surface area contributed by atoms with Crippen molar-refractivity contribution in [1.29, 1.82) is 0 Å². The molecule has 9 nitrogen and oxygen atoms in total. The Morgan fingerprint density at radius 1 is 1.24 bits per heavy atom. The van der Waals surface area contributed by atoms with E-state index in [9.17, 15) is 19.2 Å². The molecule has 0 atom stereocenters. The van der Waals surface area contributed by atoms with Gasteiger partial charge in [0.2, 0.25) is 5.91 Å². The fourth-order valence-corrected chi connectivity index (χ4v) is 4.07. The number of benzene rings is 2. The minimum atomic E-state index is -0.713. The molecule has 0 bridgehead atoms. The predicted octanol–water partition coefficient (Wildman–Crippen LogP) is 3.88. The predicted molar refractivity (Wildman–Crippen MR) is 129 cm³/mol. The Bertz CT molecular complexity index is 1160. The summed E-state index contributed by atoms with van der Waals surface area (Å²) in [7, 11) is 0. The van der Waals surface area contributed by atoms with Crippen LogP contribution in [0.15, 0.2) is 46.6 Å². The number of anilines is 1. The second-order valence-corrected chi connectivity index (χ2v) is 8.47. The molecule has 0 unspecified atom stereocenters. The number of carbonyl (C=O) groups is 4. The Labute approximate surface area is 209 Å². The number of carbonyl (C=O) groups excluding carboxylic acids is 4. The minimum absolute atomic E-state index is 0.0171. The summed E-state index contributed by atoms with van der Waals surface area (Å²) >= 11 is 9.58. The normalized spacial score (nSPS) is 14.2. The lowest BCUT2D eigenvalue weighted by molar-refractivity contribution is -0.145. The molecule has 1 aliphatic heterocycles. The van der Waals surface area contributed by atoms with Crippen molar-refractivity contribution >= 4 is 63.1 Å². The van der Waals surface area contributed by atoms with E-state index in [0.29, 0.717) is 15.7 Å². The van der Waals surface area contributed by atoms with Crippen molar-refractivity contribution in [3.05, 3.63) is 62.7 Å². The van der Waals surface area contributed by atoms with E-state index in [1.165, 1.54) is 12.1 Å². The van der Waals surface area contributed by atoms with Crippen LogP contribution in [0.4, 0.5) is 10.5 Å². The van der Waals surface area contributed by atoms with E-state index in [0.717, 1.165) is 10.5 Å². The van der Waals surface area contributed by atoms with Gasteiger partial charge < -0.3 is 20.1 Å². The molecule has 34 heavy (non-hydrogen) atoms. The van der Waals surface area contributed by atoms with Crippen molar-refractivity contribution in [2.24, 2.45) is 0 Å². The highest BCUT2D eigenvalue weighted by Crippen LogP contribution is 2.35. The molecular formula is C23H21BrClN3O6. The van der Waals surface area contributed by atoms with Gasteiger partial charge in [0.15, 0.2) is 12.4 Å². The fraction of sp³-hybridized carbons (Fsp3) is 0.217. The number of ether oxygens (including phenoxy) is 2. The number of rotatable bonds is 8. The zero-order valence-electron chi connectivity index (χ0n) is 18.3. The van der Waals surface area contributed by atoms with Crippen LogP contribution in [0.3, 0.4) is 0 Å². The molecule has 0 saturated carbocycles. The molecule has 178 valence electrons. The van der Waals surface area contributed by atoms with E-state index in [-0.39, 0.29) is 29.7 Å². The van der Waals surface area contributed by atoms with Gasteiger partial charge in [-0.1, -0.05) is 23.7 Å². The summed E-state index contributed by atoms with van der Waals surface area (Å²) in [5, 5.41) is 5.29. The third-order valence-corrected chi connectivity index (χ3v) is 5.41. The Hall–Kier alpha value is -3.37. The van der Waals surface area contributed by atoms with Crippen molar-refractivity contribution in [1.82, 2.24) is 10.2 Å². The van der Waals surface area contributed by atoms with Crippen LogP contribution >= 0.6 is 27.5 Å². The number of amides is 4. The summed E-state index contributed by atoms with van der Waals surface area (Å²) in [5.74, 6) is -1.47. The van der Waals surface area contributed by atoms with Gasteiger partial charge in [0.25, 0.3) is 5.91 Å². The Morgan fingerprint density at radius 3 is 2.68 bits per heavy atom. The first-order valence-electron chi connectivity index (χ1n) is 10.2. The van der Waals surface area contributed by atoms with Crippen LogP contribution in [0.25, 0.3) is 6.08 Å². The first-order valence-corrected chi connectivity index (χ1v) is 11.3. The van der Waals surface area contributed by atoms with Crippen molar-refractivity contribution in [3.63, 3.8) is 0 Å². The van der Waals surface area contributed by atoms with Gasteiger partial charge in [-0.25, -0.2) is 14.5 Å². The number of hydrogen-bond donors (Lipinski definition) is 2. The van der Waals surface area contributed by atoms with Crippen LogP contribution < -0.4 is 15.4 Å². The first-order chi connectivity index (χ1) is 16.2. The van der Waals surface area contributed by atoms with Gasteiger partial charge in [-0.2, -0.15) is 0 Å². The molecule has 0 radical (unpaired) electrons. The van der Waals surface area contributed by atoms with Gasteiger partial charge in [0.05, 0.1) is 16.1 Å². The minimum Gasteiger partial charge on any atom is -0.479 e. The highest BCUT2D eigenvalue weighted by molar-refractivity contribution is 9.10. The molecular weight excluding hydrogens is 530 g/mol. The maximum atomic E-state index is 12.7. The average Bonchev–Trinajstić information content (AvgIpc) is 3.00. The number of hydrogen-bond acceptors (Lipinski definition) is 6. The maximum absolute atomic E-state index is 12.7. The smallest absolute Gasteiger partial charge is 0.344 e. The monoisotopic (exact) mass is 549 g/mol. The third kappa shape index (κ3) is 6.36. The summed E-state index contributed by atoms with van der Waals surface area (Å²) in [5.41, 5.74) is 1.99. The van der Waals surface area contributed by atoms with Gasteiger partial charge in [-0.05, 0) is 71.2 Å². The number of urea groups is 1. The first kappa shape index (κ1) is 25.3. The largest absolute Gasteiger partial charge is 0.479 e. The van der Waals surface area contributed by atoms with Crippen molar-refractivity contribution in [2.45, 2.75) is 13.8 Å². The number of aryl methyl sites for hydroxylation is 1. The Morgan fingerprint density at radius 2 is 2.00 bits per heavy atom. The molecule has 1 aliphatic rings. The zero-order valence-corrected chi connectivity index (χ0v) is 20.7. The molecule has 2 N–H and O–H groups in total. The second-order valence-electron chi connectivity index (χ2n) is 7.20. The lowest BCUT2D eigenvalue weighted by Crippen LogP contribution is -2.38. The van der Waals surface area contributed by atoms with E-state index in [4.69, 9.17) is 21.1 Å². The van der Waals surface area contributed by atoms with Gasteiger partial charge in [-0.15, -0.1) is 0 Å². The summed E-state index contributed by atoms with van der Waals surface area (Å²) in [6.45, 7) is 3.04. The summed E-state index contributed by atoms with van der Waals surface area (Å²) in [6, 6.07) is 9.55. The van der Waals surface area contributed by atoms with Gasteiger partial charge in [-0.3, -0.25) is 9.59 Å². The van der Waals surface area contributed by atoms with Crippen LogP contribution in [0, 0.1) is 6.92 Å². The molecule has 1 saturated heterocycles. The highest BCUT2D eigenvalue weighted by Gasteiger charge is 2.35. The average molecular weight is 551 g/mol. The Balaban J connectivity index is 1.69. The topological polar surface area (TPSA) is 114 Å². The molecule has 1 fully saturated rings. The van der Waals surface area contributed by atoms with E-state index in [2.05, 4.69) is 26.6 Å². The third-order valence-electron chi connectivity index (χ3n) is 4.54. The second kappa shape index (κ2) is 11.2. The van der Waals surface area contributed by atoms with E-state index >= 15 is 0 Å². The van der Waals surface area contributed by atoms with Crippen molar-refractivity contribution in [2.75, 3.05) is 25.1 Å². The number of halogens is 2. The Kier molecular flexibility index (Phi) is 8.30. The number of imide groups is 1. The van der Waals surface area contributed by atoms with Gasteiger partial charge in [0, 0.05) is 5.69 Å². The lowest BCUT2D eigenvalue weighted by Gasteiger charge is -2.12. The molecule has 2 aromatic rings. The SMILES string of the molecule is CCOC(=O)COc1c(Cl)cc(/C=C2/NC(=O)N(CC(=O)Nc3cccc(C)c3)C2=O)cc1Br. The van der Waals surface area contributed by atoms with Crippen molar-refractivity contribution < 1.29 is 28.7 Å². The molecule has 2 aromatic carbocycles. The maximum Gasteiger partial charge on any atom is 0.344 e. The van der Waals surface area contributed by atoms with E-state index < -0.39 is 30.4 Å². The quantitative estimate of drug-likeness (QED) is 0.293. The molecule has 1 heterocycles. The van der Waals surface area contributed by atoms with Gasteiger partial charge in [0.1, 0.15) is 12.2 Å². The van der Waals surface area contributed by atoms with Crippen LogP contribution in [0.5, 0.6) is 5.75 Å². The summed E-state index contributed by atoms with van der Waals surface area (Å²) in [6.07, 6.45) is 1.42. The molecule has 0 aliphatic carbocycles. The van der Waals surface area contributed by atoms with Crippen LogP contribution in [-0.2, 0) is 19.1 Å². The molecule has 0 aromatic heterocycles. The van der Waals surface area contributed by atoms with Crippen LogP contribution in [0.2, 0.25) is 5.02 Å². The number of nitrogens with one attached hydrogen (secondary N) is 2. The number of esters is 1. The standard InChI is InChI=1S/C23H21BrClN3O6/c1-3-33-20(30)12-34-21-16(24)8-14(9-17(21)25)10-18-22(31)28(23(32)27-18)11-19(29)26-15-6-4-5-13(2)7-15/h4-10H,3,11-12H2,1-2H3,(H,26,29)(H,27,32)/b18-10+. The van der Waals surface area contributed by atoms with Crippen molar-refractivity contribution in [3.8, 4) is 5.75 Å². The summed E-state index contributed by atoms with van der Waals surface area (Å²) < 4.78 is 10.6. The molecule has 3 rings (SSSR count). The fourth-order valence-electron chi connectivity index (χ4n) is 3.08. The zero-order chi connectivity index (χ0) is 24.8. The molecule has 0 spiro atoms.